The molecule has 16 heavy (non-hydrogen) atoms. The van der Waals surface area contributed by atoms with Crippen LogP contribution in [-0.4, -0.2) is 33.6 Å². The Bertz CT molecular complexity index is 316. The van der Waals surface area contributed by atoms with Crippen LogP contribution in [0, 0.1) is 5.82 Å². The highest BCUT2D eigenvalue weighted by atomic mass is 19.1. The number of benzene rings is 1. The minimum absolute atomic E-state index is 0.0769. The number of ether oxygens (including phenoxy) is 2. The van der Waals surface area contributed by atoms with Gasteiger partial charge in [-0.2, -0.15) is 0 Å². The number of halogens is 1. The zero-order valence-corrected chi connectivity index (χ0v) is 9.87. The summed E-state index contributed by atoms with van der Waals surface area (Å²) >= 11 is 0. The fourth-order valence-electron chi connectivity index (χ4n) is 1.66. The molecule has 1 aromatic rings. The van der Waals surface area contributed by atoms with E-state index in [0.717, 1.165) is 0 Å². The zero-order valence-electron chi connectivity index (χ0n) is 9.87. The smallest absolute Gasteiger partial charge is 0.172 e. The van der Waals surface area contributed by atoms with Gasteiger partial charge in [0.25, 0.3) is 0 Å². The Labute approximate surface area is 95.6 Å². The minimum atomic E-state index is -0.385. The zero-order chi connectivity index (χ0) is 12.0. The second-order valence-electron chi connectivity index (χ2n) is 3.53. The van der Waals surface area contributed by atoms with Crippen molar-refractivity contribution in [3.63, 3.8) is 0 Å². The van der Waals surface area contributed by atoms with Crippen LogP contribution in [0.25, 0.3) is 0 Å². The van der Waals surface area contributed by atoms with Crippen molar-refractivity contribution in [2.45, 2.75) is 18.8 Å². The summed E-state index contributed by atoms with van der Waals surface area (Å²) in [5.41, 5.74) is 0.654. The van der Waals surface area contributed by atoms with Crippen molar-refractivity contribution in [2.75, 3.05) is 21.3 Å². The predicted octanol–water partition coefficient (Wildman–Crippen LogP) is 1.58. The molecule has 0 heterocycles. The van der Waals surface area contributed by atoms with Gasteiger partial charge in [-0.3, -0.25) is 0 Å². The number of likely N-dealkylation sites (N-methyl/N-ethyl adjacent to an activating group) is 1. The molecule has 90 valence electrons. The van der Waals surface area contributed by atoms with Crippen LogP contribution in [0.4, 0.5) is 4.39 Å². The quantitative estimate of drug-likeness (QED) is 0.748. The molecule has 0 amide bonds. The van der Waals surface area contributed by atoms with Crippen LogP contribution in [-0.2, 0) is 15.9 Å². The highest BCUT2D eigenvalue weighted by molar-refractivity contribution is 5.18. The summed E-state index contributed by atoms with van der Waals surface area (Å²) in [7, 11) is 4.94. The Morgan fingerprint density at radius 1 is 1.25 bits per heavy atom. The average molecular weight is 227 g/mol. The molecule has 0 aromatic heterocycles. The molecule has 0 spiro atoms. The maximum atomic E-state index is 13.4. The lowest BCUT2D eigenvalue weighted by Crippen LogP contribution is -2.41. The van der Waals surface area contributed by atoms with Gasteiger partial charge < -0.3 is 14.8 Å². The highest BCUT2D eigenvalue weighted by Crippen LogP contribution is 2.12. The van der Waals surface area contributed by atoms with E-state index in [-0.39, 0.29) is 18.1 Å². The summed E-state index contributed by atoms with van der Waals surface area (Å²) in [6.07, 6.45) is 0.139. The van der Waals surface area contributed by atoms with E-state index in [1.54, 1.807) is 33.4 Å². The third-order valence-electron chi connectivity index (χ3n) is 2.56. The summed E-state index contributed by atoms with van der Waals surface area (Å²) in [6.45, 7) is 0. The molecule has 0 bridgehead atoms. The fourth-order valence-corrected chi connectivity index (χ4v) is 1.66. The number of hydrogen-bond acceptors (Lipinski definition) is 3. The van der Waals surface area contributed by atoms with Crippen LogP contribution in [0.1, 0.15) is 5.56 Å². The topological polar surface area (TPSA) is 30.5 Å². The van der Waals surface area contributed by atoms with Gasteiger partial charge in [0.1, 0.15) is 5.82 Å². The normalized spacial score (nSPS) is 13.1. The lowest BCUT2D eigenvalue weighted by atomic mass is 10.1. The molecule has 1 unspecified atom stereocenters. The van der Waals surface area contributed by atoms with Crippen molar-refractivity contribution in [1.82, 2.24) is 5.32 Å². The highest BCUT2D eigenvalue weighted by Gasteiger charge is 2.20. The van der Waals surface area contributed by atoms with Crippen LogP contribution >= 0.6 is 0 Å². The van der Waals surface area contributed by atoms with Crippen molar-refractivity contribution in [3.05, 3.63) is 35.6 Å². The number of rotatable bonds is 6. The fraction of sp³-hybridized carbons (Fsp3) is 0.500. The molecule has 0 aliphatic carbocycles. The summed E-state index contributed by atoms with van der Waals surface area (Å²) < 4.78 is 23.8. The van der Waals surface area contributed by atoms with Gasteiger partial charge >= 0.3 is 0 Å². The average Bonchev–Trinajstić information content (AvgIpc) is 2.31. The van der Waals surface area contributed by atoms with Crippen molar-refractivity contribution in [3.8, 4) is 0 Å². The summed E-state index contributed by atoms with van der Waals surface area (Å²) in [6, 6.07) is 6.64. The maximum absolute atomic E-state index is 13.4. The summed E-state index contributed by atoms with van der Waals surface area (Å²) in [4.78, 5) is 0. The molecule has 0 saturated heterocycles. The molecule has 3 nitrogen and oxygen atoms in total. The van der Waals surface area contributed by atoms with Gasteiger partial charge in [-0.05, 0) is 25.1 Å². The standard InChI is InChI=1S/C12H18FNO2/c1-14-11(12(15-2)16-3)8-9-6-4-5-7-10(9)13/h4-7,11-12,14H,8H2,1-3H3. The molecule has 1 rings (SSSR count). The van der Waals surface area contributed by atoms with Crippen molar-refractivity contribution in [1.29, 1.82) is 0 Å². The number of methoxy groups -OCH3 is 2. The van der Waals surface area contributed by atoms with Gasteiger partial charge in [0.05, 0.1) is 6.04 Å². The molecule has 1 N–H and O–H groups in total. The first kappa shape index (κ1) is 13.1. The molecule has 0 fully saturated rings. The van der Waals surface area contributed by atoms with E-state index in [9.17, 15) is 4.39 Å². The summed E-state index contributed by atoms with van der Waals surface area (Å²) in [5, 5.41) is 3.06. The molecule has 1 aromatic carbocycles. The van der Waals surface area contributed by atoms with Gasteiger partial charge in [0.2, 0.25) is 0 Å². The first-order valence-corrected chi connectivity index (χ1v) is 5.19. The van der Waals surface area contributed by atoms with E-state index in [2.05, 4.69) is 5.32 Å². The van der Waals surface area contributed by atoms with Crippen LogP contribution < -0.4 is 5.32 Å². The minimum Gasteiger partial charge on any atom is -0.354 e. The van der Waals surface area contributed by atoms with Gasteiger partial charge in [-0.1, -0.05) is 18.2 Å². The van der Waals surface area contributed by atoms with E-state index in [4.69, 9.17) is 9.47 Å². The third-order valence-corrected chi connectivity index (χ3v) is 2.56. The number of hydrogen-bond donors (Lipinski definition) is 1. The molecule has 0 radical (unpaired) electrons. The van der Waals surface area contributed by atoms with Crippen LogP contribution in [0.15, 0.2) is 24.3 Å². The van der Waals surface area contributed by atoms with E-state index >= 15 is 0 Å². The van der Waals surface area contributed by atoms with E-state index in [0.29, 0.717) is 12.0 Å². The van der Waals surface area contributed by atoms with Crippen molar-refractivity contribution < 1.29 is 13.9 Å². The Kier molecular flexibility index (Phi) is 5.38. The molecular formula is C12H18FNO2. The van der Waals surface area contributed by atoms with Crippen LogP contribution in [0.5, 0.6) is 0 Å². The largest absolute Gasteiger partial charge is 0.354 e. The van der Waals surface area contributed by atoms with E-state index in [1.807, 2.05) is 6.07 Å². The monoisotopic (exact) mass is 227 g/mol. The van der Waals surface area contributed by atoms with Crippen molar-refractivity contribution in [2.24, 2.45) is 0 Å². The Morgan fingerprint density at radius 3 is 2.38 bits per heavy atom. The van der Waals surface area contributed by atoms with Crippen molar-refractivity contribution >= 4 is 0 Å². The first-order chi connectivity index (χ1) is 7.72. The number of nitrogens with one attached hydrogen (secondary N) is 1. The Balaban J connectivity index is 2.73. The second-order valence-corrected chi connectivity index (χ2v) is 3.53. The van der Waals surface area contributed by atoms with Gasteiger partial charge in [0.15, 0.2) is 6.29 Å². The maximum Gasteiger partial charge on any atom is 0.172 e. The van der Waals surface area contributed by atoms with Gasteiger partial charge in [-0.25, -0.2) is 4.39 Å². The second kappa shape index (κ2) is 6.58. The lowest BCUT2D eigenvalue weighted by molar-refractivity contribution is -0.121. The van der Waals surface area contributed by atoms with Gasteiger partial charge in [-0.15, -0.1) is 0 Å². The third kappa shape index (κ3) is 3.27. The molecular weight excluding hydrogens is 209 g/mol. The molecule has 4 heteroatoms. The molecule has 0 aliphatic heterocycles. The Hall–Kier alpha value is -0.970. The van der Waals surface area contributed by atoms with E-state index < -0.39 is 0 Å². The Morgan fingerprint density at radius 2 is 1.88 bits per heavy atom. The molecule has 1 atom stereocenters. The van der Waals surface area contributed by atoms with E-state index in [1.165, 1.54) is 6.07 Å². The lowest BCUT2D eigenvalue weighted by Gasteiger charge is -2.24. The molecule has 0 aliphatic rings. The summed E-state index contributed by atoms with van der Waals surface area (Å²) in [5.74, 6) is -0.200. The molecule has 0 saturated carbocycles. The van der Waals surface area contributed by atoms with Gasteiger partial charge in [0, 0.05) is 14.2 Å². The van der Waals surface area contributed by atoms with Crippen LogP contribution in [0.3, 0.4) is 0 Å². The SMILES string of the molecule is CNC(Cc1ccccc1F)C(OC)OC. The first-order valence-electron chi connectivity index (χ1n) is 5.19. The van der Waals surface area contributed by atoms with Crippen LogP contribution in [0.2, 0.25) is 0 Å². The predicted molar refractivity (Wildman–Crippen MR) is 60.8 cm³/mol.